The predicted octanol–water partition coefficient (Wildman–Crippen LogP) is 1.25. The number of carbonyl (C=O) groups is 2. The molecule has 25 heavy (non-hydrogen) atoms. The molecule has 2 rings (SSSR count). The summed E-state index contributed by atoms with van der Waals surface area (Å²) in [6.07, 6.45) is 0. The highest BCUT2D eigenvalue weighted by Crippen LogP contribution is 2.09. The molecule has 0 aliphatic heterocycles. The number of amides is 2. The van der Waals surface area contributed by atoms with Crippen molar-refractivity contribution in [3.63, 3.8) is 0 Å². The summed E-state index contributed by atoms with van der Waals surface area (Å²) in [5.41, 5.74) is 1.34. The van der Waals surface area contributed by atoms with Crippen LogP contribution in [-0.4, -0.2) is 32.0 Å². The highest BCUT2D eigenvalue weighted by Gasteiger charge is 2.14. The van der Waals surface area contributed by atoms with Gasteiger partial charge in [0.1, 0.15) is 5.82 Å². The number of benzene rings is 2. The summed E-state index contributed by atoms with van der Waals surface area (Å²) in [5, 5.41) is 6.04. The van der Waals surface area contributed by atoms with Crippen molar-refractivity contribution >= 4 is 29.1 Å². The van der Waals surface area contributed by atoms with Crippen LogP contribution in [0.1, 0.15) is 5.56 Å². The second-order valence-electron chi connectivity index (χ2n) is 5.77. The van der Waals surface area contributed by atoms with Gasteiger partial charge in [-0.15, -0.1) is 0 Å². The van der Waals surface area contributed by atoms with Gasteiger partial charge in [-0.2, -0.15) is 0 Å². The minimum Gasteiger partial charge on any atom is -0.347 e. The Hall–Kier alpha value is -2.44. The first-order valence-electron chi connectivity index (χ1n) is 7.80. The van der Waals surface area contributed by atoms with E-state index in [2.05, 4.69) is 10.6 Å². The monoisotopic (exact) mass is 364 g/mol. The van der Waals surface area contributed by atoms with Gasteiger partial charge in [-0.1, -0.05) is 29.8 Å². The first-order chi connectivity index (χ1) is 11.9. The number of nitrogens with one attached hydrogen (secondary N) is 3. The Morgan fingerprint density at radius 2 is 1.76 bits per heavy atom. The van der Waals surface area contributed by atoms with Gasteiger partial charge >= 0.3 is 0 Å². The lowest BCUT2D eigenvalue weighted by atomic mass is 10.2. The van der Waals surface area contributed by atoms with Crippen molar-refractivity contribution in [1.29, 1.82) is 0 Å². The molecule has 3 N–H and O–H groups in total. The molecule has 0 aliphatic rings. The van der Waals surface area contributed by atoms with Crippen LogP contribution >= 0.6 is 11.6 Å². The number of hydrogen-bond acceptors (Lipinski definition) is 2. The molecular weight excluding hydrogens is 345 g/mol. The van der Waals surface area contributed by atoms with Gasteiger partial charge < -0.3 is 15.5 Å². The Kier molecular flexibility index (Phi) is 6.91. The fourth-order valence-corrected chi connectivity index (χ4v) is 2.37. The molecule has 0 saturated carbocycles. The summed E-state index contributed by atoms with van der Waals surface area (Å²) in [7, 11) is 1.74. The zero-order chi connectivity index (χ0) is 18.2. The van der Waals surface area contributed by atoms with Gasteiger partial charge in [0.25, 0.3) is 11.8 Å². The van der Waals surface area contributed by atoms with E-state index >= 15 is 0 Å². The zero-order valence-corrected chi connectivity index (χ0v) is 14.6. The molecule has 1 unspecified atom stereocenters. The smallest absolute Gasteiger partial charge is 0.279 e. The predicted molar refractivity (Wildman–Crippen MR) is 94.9 cm³/mol. The van der Waals surface area contributed by atoms with Crippen LogP contribution < -0.4 is 15.5 Å². The van der Waals surface area contributed by atoms with Crippen molar-refractivity contribution in [3.05, 3.63) is 64.9 Å². The van der Waals surface area contributed by atoms with Crippen LogP contribution in [0.5, 0.6) is 0 Å². The third-order valence-corrected chi connectivity index (χ3v) is 3.69. The van der Waals surface area contributed by atoms with Gasteiger partial charge in [-0.25, -0.2) is 4.39 Å². The minimum atomic E-state index is -0.417. The third kappa shape index (κ3) is 6.91. The van der Waals surface area contributed by atoms with Crippen molar-refractivity contribution in [2.75, 3.05) is 25.5 Å². The standard InChI is InChI=1S/C18H19ClFN3O2/c1-23(12-18(25)22-16-4-2-3-15(20)9-16)11-17(24)21-10-13-5-7-14(19)8-6-13/h2-9H,10-12H2,1H3,(H,21,24)(H,22,25)/p+1. The number of anilines is 1. The van der Waals surface area contributed by atoms with E-state index in [0.717, 1.165) is 10.5 Å². The topological polar surface area (TPSA) is 62.6 Å². The van der Waals surface area contributed by atoms with Crippen molar-refractivity contribution in [3.8, 4) is 0 Å². The van der Waals surface area contributed by atoms with Gasteiger partial charge in [0.2, 0.25) is 0 Å². The number of quaternary nitrogens is 1. The van der Waals surface area contributed by atoms with Crippen LogP contribution in [0, 0.1) is 5.82 Å². The molecule has 7 heteroatoms. The Morgan fingerprint density at radius 3 is 2.44 bits per heavy atom. The van der Waals surface area contributed by atoms with Crippen molar-refractivity contribution < 1.29 is 18.9 Å². The number of likely N-dealkylation sites (N-methyl/N-ethyl adjacent to an activating group) is 1. The van der Waals surface area contributed by atoms with Crippen LogP contribution in [0.15, 0.2) is 48.5 Å². The summed E-state index contributed by atoms with van der Waals surface area (Å²) in [4.78, 5) is 24.6. The minimum absolute atomic E-state index is 0.102. The molecule has 0 bridgehead atoms. The fourth-order valence-electron chi connectivity index (χ4n) is 2.25. The SMILES string of the molecule is C[NH+](CC(=O)NCc1ccc(Cl)cc1)CC(=O)Nc1cccc(F)c1. The Morgan fingerprint density at radius 1 is 1.08 bits per heavy atom. The molecule has 1 atom stereocenters. The molecule has 0 fully saturated rings. The third-order valence-electron chi connectivity index (χ3n) is 3.44. The second kappa shape index (κ2) is 9.15. The van der Waals surface area contributed by atoms with Crippen molar-refractivity contribution in [2.24, 2.45) is 0 Å². The maximum atomic E-state index is 13.1. The molecule has 132 valence electrons. The fraction of sp³-hybridized carbons (Fsp3) is 0.222. The van der Waals surface area contributed by atoms with E-state index in [9.17, 15) is 14.0 Å². The van der Waals surface area contributed by atoms with E-state index in [1.165, 1.54) is 18.2 Å². The van der Waals surface area contributed by atoms with Crippen LogP contribution in [-0.2, 0) is 16.1 Å². The zero-order valence-electron chi connectivity index (χ0n) is 13.8. The van der Waals surface area contributed by atoms with Crippen LogP contribution in [0.2, 0.25) is 5.02 Å². The molecule has 2 aromatic rings. The van der Waals surface area contributed by atoms with Gasteiger partial charge in [0.05, 0.1) is 7.05 Å². The number of hydrogen-bond donors (Lipinski definition) is 3. The summed E-state index contributed by atoms with van der Waals surface area (Å²) in [6.45, 7) is 0.661. The van der Waals surface area contributed by atoms with E-state index in [4.69, 9.17) is 11.6 Å². The number of carbonyl (C=O) groups excluding carboxylic acids is 2. The van der Waals surface area contributed by atoms with E-state index in [-0.39, 0.29) is 24.9 Å². The molecule has 5 nitrogen and oxygen atoms in total. The molecule has 0 aromatic heterocycles. The Balaban J connectivity index is 1.73. The lowest BCUT2D eigenvalue weighted by Crippen LogP contribution is -3.11. The van der Waals surface area contributed by atoms with Gasteiger partial charge in [0.15, 0.2) is 13.1 Å². The Bertz CT molecular complexity index is 737. The Labute approximate surface area is 150 Å². The van der Waals surface area contributed by atoms with E-state index < -0.39 is 5.82 Å². The van der Waals surface area contributed by atoms with Crippen LogP contribution in [0.25, 0.3) is 0 Å². The largest absolute Gasteiger partial charge is 0.347 e. The molecule has 2 aromatic carbocycles. The van der Waals surface area contributed by atoms with Crippen LogP contribution in [0.3, 0.4) is 0 Å². The van der Waals surface area contributed by atoms with Gasteiger partial charge in [-0.05, 0) is 35.9 Å². The summed E-state index contributed by atoms with van der Waals surface area (Å²) >= 11 is 5.81. The van der Waals surface area contributed by atoms with Crippen molar-refractivity contribution in [2.45, 2.75) is 6.54 Å². The molecule has 0 aliphatic carbocycles. The van der Waals surface area contributed by atoms with E-state index in [1.54, 1.807) is 25.2 Å². The van der Waals surface area contributed by atoms with Gasteiger partial charge in [0, 0.05) is 17.3 Å². The molecule has 0 heterocycles. The van der Waals surface area contributed by atoms with E-state index in [1.807, 2.05) is 12.1 Å². The number of rotatable bonds is 7. The quantitative estimate of drug-likeness (QED) is 0.692. The van der Waals surface area contributed by atoms with Crippen molar-refractivity contribution in [1.82, 2.24) is 5.32 Å². The summed E-state index contributed by atoms with van der Waals surface area (Å²) < 4.78 is 13.1. The molecule has 2 amide bonds. The lowest BCUT2D eigenvalue weighted by molar-refractivity contribution is -0.862. The molecule has 0 saturated heterocycles. The highest BCUT2D eigenvalue weighted by atomic mass is 35.5. The average molecular weight is 365 g/mol. The van der Waals surface area contributed by atoms with Crippen LogP contribution in [0.4, 0.5) is 10.1 Å². The normalized spacial score (nSPS) is 11.6. The molecule has 0 spiro atoms. The second-order valence-corrected chi connectivity index (χ2v) is 6.21. The summed E-state index contributed by atoms with van der Waals surface area (Å²) in [5.74, 6) is -0.861. The lowest BCUT2D eigenvalue weighted by Gasteiger charge is -2.14. The maximum absolute atomic E-state index is 13.1. The highest BCUT2D eigenvalue weighted by molar-refractivity contribution is 6.30. The summed E-state index contributed by atoms with van der Waals surface area (Å²) in [6, 6.07) is 12.9. The molecule has 0 radical (unpaired) electrons. The maximum Gasteiger partial charge on any atom is 0.279 e. The van der Waals surface area contributed by atoms with E-state index in [0.29, 0.717) is 17.3 Å². The first-order valence-corrected chi connectivity index (χ1v) is 8.18. The average Bonchev–Trinajstić information content (AvgIpc) is 2.54. The molecular formula is C18H20ClFN3O2+. The number of halogens is 2. The first kappa shape index (κ1) is 18.9. The van der Waals surface area contributed by atoms with Gasteiger partial charge in [-0.3, -0.25) is 9.59 Å².